The van der Waals surface area contributed by atoms with E-state index in [0.29, 0.717) is 18.6 Å². The molecule has 0 amide bonds. The van der Waals surface area contributed by atoms with Gasteiger partial charge in [0.05, 0.1) is 0 Å². The standard InChI is InChI=1S/C14H24N4/c1-3-13-11-17(2)7-8-18(13)14(9-15)12-5-4-6-16-10-12/h4-6,10,13-14H,3,7-9,11,15H2,1-2H3. The van der Waals surface area contributed by atoms with Crippen molar-refractivity contribution in [3.63, 3.8) is 0 Å². The second kappa shape index (κ2) is 6.27. The maximum absolute atomic E-state index is 6.00. The van der Waals surface area contributed by atoms with E-state index >= 15 is 0 Å². The molecule has 1 aromatic heterocycles. The summed E-state index contributed by atoms with van der Waals surface area (Å²) in [5, 5.41) is 0. The second-order valence-corrected chi connectivity index (χ2v) is 5.10. The van der Waals surface area contributed by atoms with Crippen LogP contribution < -0.4 is 5.73 Å². The molecule has 1 aliphatic heterocycles. The quantitative estimate of drug-likeness (QED) is 0.867. The highest BCUT2D eigenvalue weighted by Gasteiger charge is 2.29. The molecule has 0 saturated carbocycles. The van der Waals surface area contributed by atoms with Crippen LogP contribution in [0.5, 0.6) is 0 Å². The van der Waals surface area contributed by atoms with Crippen molar-refractivity contribution in [2.24, 2.45) is 5.73 Å². The zero-order chi connectivity index (χ0) is 13.0. The Balaban J connectivity index is 2.16. The lowest BCUT2D eigenvalue weighted by Gasteiger charge is -2.44. The molecule has 0 aliphatic carbocycles. The number of hydrogen-bond acceptors (Lipinski definition) is 4. The first kappa shape index (κ1) is 13.5. The third-order valence-corrected chi connectivity index (χ3v) is 3.90. The normalized spacial score (nSPS) is 24.1. The van der Waals surface area contributed by atoms with Crippen LogP contribution in [0.25, 0.3) is 0 Å². The van der Waals surface area contributed by atoms with Gasteiger partial charge in [0.25, 0.3) is 0 Å². The fourth-order valence-corrected chi connectivity index (χ4v) is 2.83. The summed E-state index contributed by atoms with van der Waals surface area (Å²) in [6, 6.07) is 5.03. The molecule has 2 atom stereocenters. The Kier molecular flexibility index (Phi) is 4.69. The summed E-state index contributed by atoms with van der Waals surface area (Å²) in [5.74, 6) is 0. The molecule has 2 rings (SSSR count). The summed E-state index contributed by atoms with van der Waals surface area (Å²) in [5.41, 5.74) is 7.24. The molecule has 1 aliphatic rings. The molecule has 1 fully saturated rings. The van der Waals surface area contributed by atoms with E-state index in [9.17, 15) is 0 Å². The lowest BCUT2D eigenvalue weighted by atomic mass is 10.0. The summed E-state index contributed by atoms with van der Waals surface area (Å²) >= 11 is 0. The van der Waals surface area contributed by atoms with Gasteiger partial charge in [0, 0.05) is 50.7 Å². The second-order valence-electron chi connectivity index (χ2n) is 5.10. The van der Waals surface area contributed by atoms with Crippen LogP contribution >= 0.6 is 0 Å². The zero-order valence-electron chi connectivity index (χ0n) is 11.4. The van der Waals surface area contributed by atoms with E-state index in [1.165, 1.54) is 12.0 Å². The van der Waals surface area contributed by atoms with Crippen molar-refractivity contribution >= 4 is 0 Å². The maximum Gasteiger partial charge on any atom is 0.0489 e. The van der Waals surface area contributed by atoms with Crippen LogP contribution in [0, 0.1) is 0 Å². The molecule has 4 nitrogen and oxygen atoms in total. The zero-order valence-corrected chi connectivity index (χ0v) is 11.4. The van der Waals surface area contributed by atoms with E-state index in [4.69, 9.17) is 5.73 Å². The molecule has 100 valence electrons. The average Bonchev–Trinajstić information content (AvgIpc) is 2.42. The third kappa shape index (κ3) is 2.88. The monoisotopic (exact) mass is 248 g/mol. The van der Waals surface area contributed by atoms with Gasteiger partial charge in [-0.2, -0.15) is 0 Å². The predicted octanol–water partition coefficient (Wildman–Crippen LogP) is 1.11. The Morgan fingerprint density at radius 1 is 1.50 bits per heavy atom. The Morgan fingerprint density at radius 2 is 2.33 bits per heavy atom. The predicted molar refractivity (Wildman–Crippen MR) is 74.3 cm³/mol. The average molecular weight is 248 g/mol. The van der Waals surface area contributed by atoms with Crippen LogP contribution in [0.15, 0.2) is 24.5 Å². The van der Waals surface area contributed by atoms with Crippen LogP contribution in [0.3, 0.4) is 0 Å². The van der Waals surface area contributed by atoms with E-state index in [1.54, 1.807) is 0 Å². The van der Waals surface area contributed by atoms with E-state index in [2.05, 4.69) is 34.8 Å². The summed E-state index contributed by atoms with van der Waals surface area (Å²) in [6.07, 6.45) is 4.93. The highest BCUT2D eigenvalue weighted by atomic mass is 15.3. The van der Waals surface area contributed by atoms with Gasteiger partial charge >= 0.3 is 0 Å². The van der Waals surface area contributed by atoms with Gasteiger partial charge in [0.15, 0.2) is 0 Å². The lowest BCUT2D eigenvalue weighted by Crippen LogP contribution is -2.53. The Morgan fingerprint density at radius 3 is 2.94 bits per heavy atom. The molecule has 0 radical (unpaired) electrons. The highest BCUT2D eigenvalue weighted by Crippen LogP contribution is 2.25. The summed E-state index contributed by atoms with van der Waals surface area (Å²) in [7, 11) is 2.20. The van der Waals surface area contributed by atoms with E-state index in [0.717, 1.165) is 19.6 Å². The number of hydrogen-bond donors (Lipinski definition) is 1. The molecule has 2 N–H and O–H groups in total. The number of nitrogens with two attached hydrogens (primary N) is 1. The SMILES string of the molecule is CCC1CN(C)CCN1C(CN)c1cccnc1. The van der Waals surface area contributed by atoms with Crippen molar-refractivity contribution in [1.82, 2.24) is 14.8 Å². The van der Waals surface area contributed by atoms with Gasteiger partial charge in [-0.05, 0) is 25.1 Å². The van der Waals surface area contributed by atoms with Gasteiger partial charge in [-0.25, -0.2) is 0 Å². The van der Waals surface area contributed by atoms with Gasteiger partial charge in [-0.1, -0.05) is 13.0 Å². The van der Waals surface area contributed by atoms with Crippen LogP contribution in [0.1, 0.15) is 24.9 Å². The van der Waals surface area contributed by atoms with Crippen LogP contribution in [-0.4, -0.2) is 54.1 Å². The maximum atomic E-state index is 6.00. The molecule has 0 bridgehead atoms. The van der Waals surface area contributed by atoms with Crippen LogP contribution in [-0.2, 0) is 0 Å². The first-order valence-corrected chi connectivity index (χ1v) is 6.80. The van der Waals surface area contributed by atoms with Crippen LogP contribution in [0.2, 0.25) is 0 Å². The molecular weight excluding hydrogens is 224 g/mol. The number of pyridine rings is 1. The van der Waals surface area contributed by atoms with Crippen molar-refractivity contribution in [2.75, 3.05) is 33.2 Å². The van der Waals surface area contributed by atoms with E-state index < -0.39 is 0 Å². The number of aromatic nitrogens is 1. The summed E-state index contributed by atoms with van der Waals surface area (Å²) < 4.78 is 0. The fraction of sp³-hybridized carbons (Fsp3) is 0.643. The molecule has 1 aromatic rings. The number of rotatable bonds is 4. The summed E-state index contributed by atoms with van der Waals surface area (Å²) in [4.78, 5) is 9.18. The van der Waals surface area contributed by atoms with E-state index in [-0.39, 0.29) is 0 Å². The molecule has 1 saturated heterocycles. The molecule has 2 unspecified atom stereocenters. The smallest absolute Gasteiger partial charge is 0.0489 e. The molecule has 2 heterocycles. The lowest BCUT2D eigenvalue weighted by molar-refractivity contribution is 0.0520. The topological polar surface area (TPSA) is 45.4 Å². The third-order valence-electron chi connectivity index (χ3n) is 3.90. The van der Waals surface area contributed by atoms with Gasteiger partial charge < -0.3 is 10.6 Å². The van der Waals surface area contributed by atoms with Gasteiger partial charge in [-0.15, -0.1) is 0 Å². The fourth-order valence-electron chi connectivity index (χ4n) is 2.83. The van der Waals surface area contributed by atoms with Gasteiger partial charge in [0.2, 0.25) is 0 Å². The Hall–Kier alpha value is -0.970. The minimum atomic E-state index is 0.303. The Labute approximate surface area is 110 Å². The van der Waals surface area contributed by atoms with Crippen molar-refractivity contribution < 1.29 is 0 Å². The molecule has 4 heteroatoms. The molecule has 0 aromatic carbocycles. The minimum Gasteiger partial charge on any atom is -0.329 e. The first-order valence-electron chi connectivity index (χ1n) is 6.80. The van der Waals surface area contributed by atoms with Crippen molar-refractivity contribution in [2.45, 2.75) is 25.4 Å². The molecule has 18 heavy (non-hydrogen) atoms. The minimum absolute atomic E-state index is 0.303. The van der Waals surface area contributed by atoms with Crippen LogP contribution in [0.4, 0.5) is 0 Å². The molecular formula is C14H24N4. The first-order chi connectivity index (χ1) is 8.76. The number of piperazine rings is 1. The largest absolute Gasteiger partial charge is 0.329 e. The van der Waals surface area contributed by atoms with E-state index in [1.807, 2.05) is 18.5 Å². The van der Waals surface area contributed by atoms with Crippen molar-refractivity contribution in [3.05, 3.63) is 30.1 Å². The number of nitrogens with zero attached hydrogens (tertiary/aromatic N) is 3. The highest BCUT2D eigenvalue weighted by molar-refractivity contribution is 5.15. The Bertz CT molecular complexity index is 354. The molecule has 0 spiro atoms. The van der Waals surface area contributed by atoms with Crippen molar-refractivity contribution in [3.8, 4) is 0 Å². The van der Waals surface area contributed by atoms with Gasteiger partial charge in [0.1, 0.15) is 0 Å². The van der Waals surface area contributed by atoms with Crippen molar-refractivity contribution in [1.29, 1.82) is 0 Å². The van der Waals surface area contributed by atoms with Gasteiger partial charge in [-0.3, -0.25) is 9.88 Å². The summed E-state index contributed by atoms with van der Waals surface area (Å²) in [6.45, 7) is 6.26. The number of likely N-dealkylation sites (N-methyl/N-ethyl adjacent to an activating group) is 1.